The molecule has 0 aliphatic heterocycles. The Kier molecular flexibility index (Phi) is 4.42. The van der Waals surface area contributed by atoms with Crippen molar-refractivity contribution in [1.82, 2.24) is 0 Å². The van der Waals surface area contributed by atoms with E-state index in [2.05, 4.69) is 39.8 Å². The first-order valence-electron chi connectivity index (χ1n) is 4.30. The fourth-order valence-electron chi connectivity index (χ4n) is 0.687. The van der Waals surface area contributed by atoms with Crippen molar-refractivity contribution < 1.29 is 0 Å². The zero-order chi connectivity index (χ0) is 8.04. The Morgan fingerprint density at radius 1 is 1.20 bits per heavy atom. The van der Waals surface area contributed by atoms with Crippen LogP contribution >= 0.6 is 0 Å². The molecule has 10 heavy (non-hydrogen) atoms. The Hall–Kier alpha value is -0.260. The molecule has 0 aliphatic carbocycles. The van der Waals surface area contributed by atoms with Crippen LogP contribution in [-0.4, -0.2) is 0 Å². The van der Waals surface area contributed by atoms with Crippen molar-refractivity contribution in [2.45, 2.75) is 47.0 Å². The Labute approximate surface area is 65.3 Å². The number of unbranched alkanes of at least 4 members (excludes halogenated alkanes) is 1. The maximum atomic E-state index is 2.33. The summed E-state index contributed by atoms with van der Waals surface area (Å²) in [7, 11) is 0. The summed E-state index contributed by atoms with van der Waals surface area (Å²) in [6.45, 7) is 9.00. The van der Waals surface area contributed by atoms with Gasteiger partial charge in [0, 0.05) is 0 Å². The van der Waals surface area contributed by atoms with Gasteiger partial charge in [0.05, 0.1) is 0 Å². The molecule has 0 heterocycles. The summed E-state index contributed by atoms with van der Waals surface area (Å²) < 4.78 is 0. The van der Waals surface area contributed by atoms with E-state index in [9.17, 15) is 0 Å². The first-order valence-corrected chi connectivity index (χ1v) is 4.30. The third-order valence-corrected chi connectivity index (χ3v) is 1.94. The van der Waals surface area contributed by atoms with Crippen LogP contribution in [0.1, 0.15) is 47.0 Å². The van der Waals surface area contributed by atoms with Crippen LogP contribution in [0.15, 0.2) is 12.2 Å². The van der Waals surface area contributed by atoms with Crippen molar-refractivity contribution in [2.75, 3.05) is 0 Å². The van der Waals surface area contributed by atoms with Crippen molar-refractivity contribution >= 4 is 0 Å². The van der Waals surface area contributed by atoms with Crippen molar-refractivity contribution in [3.63, 3.8) is 0 Å². The molecule has 0 saturated heterocycles. The van der Waals surface area contributed by atoms with Crippen LogP contribution in [0.4, 0.5) is 0 Å². The highest BCUT2D eigenvalue weighted by molar-refractivity contribution is 4.93. The van der Waals surface area contributed by atoms with Crippen LogP contribution in [0.25, 0.3) is 0 Å². The quantitative estimate of drug-likeness (QED) is 0.521. The molecule has 0 rings (SSSR count). The van der Waals surface area contributed by atoms with Gasteiger partial charge in [-0.3, -0.25) is 0 Å². The van der Waals surface area contributed by atoms with E-state index in [0.29, 0.717) is 5.41 Å². The van der Waals surface area contributed by atoms with E-state index in [0.717, 1.165) is 0 Å². The van der Waals surface area contributed by atoms with Gasteiger partial charge in [0.1, 0.15) is 0 Å². The van der Waals surface area contributed by atoms with E-state index in [1.54, 1.807) is 0 Å². The fraction of sp³-hybridized carbons (Fsp3) is 0.800. The molecule has 0 aromatic rings. The lowest BCUT2D eigenvalue weighted by atomic mass is 9.90. The Morgan fingerprint density at radius 2 is 1.80 bits per heavy atom. The minimum Gasteiger partial charge on any atom is -0.0880 e. The summed E-state index contributed by atoms with van der Waals surface area (Å²) in [5.41, 5.74) is 0.412. The van der Waals surface area contributed by atoms with Crippen molar-refractivity contribution in [3.05, 3.63) is 12.2 Å². The van der Waals surface area contributed by atoms with E-state index >= 15 is 0 Å². The van der Waals surface area contributed by atoms with Gasteiger partial charge in [-0.25, -0.2) is 0 Å². The summed E-state index contributed by atoms with van der Waals surface area (Å²) in [6, 6.07) is 0. The van der Waals surface area contributed by atoms with Gasteiger partial charge in [-0.15, -0.1) is 0 Å². The SMILES string of the molecule is CCCC=CC(C)(C)CC. The maximum Gasteiger partial charge on any atom is -0.0177 e. The van der Waals surface area contributed by atoms with E-state index in [-0.39, 0.29) is 0 Å². The van der Waals surface area contributed by atoms with E-state index in [1.165, 1.54) is 19.3 Å². The van der Waals surface area contributed by atoms with Gasteiger partial charge >= 0.3 is 0 Å². The Bertz CT molecular complexity index is 98.6. The maximum absolute atomic E-state index is 2.33. The average Bonchev–Trinajstić information content (AvgIpc) is 1.89. The van der Waals surface area contributed by atoms with Crippen LogP contribution in [0.3, 0.4) is 0 Å². The number of hydrogen-bond acceptors (Lipinski definition) is 0. The lowest BCUT2D eigenvalue weighted by molar-refractivity contribution is 0.460. The summed E-state index contributed by atoms with van der Waals surface area (Å²) in [5.74, 6) is 0. The predicted molar refractivity (Wildman–Crippen MR) is 48.1 cm³/mol. The molecule has 0 radical (unpaired) electrons. The highest BCUT2D eigenvalue weighted by atomic mass is 14.1. The van der Waals surface area contributed by atoms with Gasteiger partial charge in [0.15, 0.2) is 0 Å². The van der Waals surface area contributed by atoms with Gasteiger partial charge in [-0.05, 0) is 18.3 Å². The average molecular weight is 140 g/mol. The van der Waals surface area contributed by atoms with Crippen LogP contribution in [0.2, 0.25) is 0 Å². The summed E-state index contributed by atoms with van der Waals surface area (Å²) in [5, 5.41) is 0. The van der Waals surface area contributed by atoms with Crippen LogP contribution in [0, 0.1) is 5.41 Å². The second-order valence-corrected chi connectivity index (χ2v) is 3.53. The second kappa shape index (κ2) is 4.54. The third-order valence-electron chi connectivity index (χ3n) is 1.94. The molecule has 0 fully saturated rings. The first kappa shape index (κ1) is 9.74. The van der Waals surface area contributed by atoms with Gasteiger partial charge in [0.25, 0.3) is 0 Å². The second-order valence-electron chi connectivity index (χ2n) is 3.53. The molecule has 0 atom stereocenters. The Morgan fingerprint density at radius 3 is 2.20 bits per heavy atom. The molecule has 0 bridgehead atoms. The molecular formula is C10H20. The molecule has 0 N–H and O–H groups in total. The minimum atomic E-state index is 0.412. The van der Waals surface area contributed by atoms with Crippen LogP contribution in [0.5, 0.6) is 0 Å². The minimum absolute atomic E-state index is 0.412. The highest BCUT2D eigenvalue weighted by Gasteiger charge is 2.08. The lowest BCUT2D eigenvalue weighted by Gasteiger charge is -2.16. The first-order chi connectivity index (χ1) is 4.62. The van der Waals surface area contributed by atoms with Crippen molar-refractivity contribution in [3.8, 4) is 0 Å². The summed E-state index contributed by atoms with van der Waals surface area (Å²) >= 11 is 0. The van der Waals surface area contributed by atoms with E-state index in [4.69, 9.17) is 0 Å². The van der Waals surface area contributed by atoms with Crippen molar-refractivity contribution in [2.24, 2.45) is 5.41 Å². The topological polar surface area (TPSA) is 0 Å². The number of hydrogen-bond donors (Lipinski definition) is 0. The predicted octanol–water partition coefficient (Wildman–Crippen LogP) is 3.78. The normalized spacial score (nSPS) is 12.8. The summed E-state index contributed by atoms with van der Waals surface area (Å²) in [4.78, 5) is 0. The molecule has 0 aromatic carbocycles. The highest BCUT2D eigenvalue weighted by Crippen LogP contribution is 2.21. The van der Waals surface area contributed by atoms with E-state index < -0.39 is 0 Å². The Balaban J connectivity index is 3.63. The molecule has 0 unspecified atom stereocenters. The molecule has 0 spiro atoms. The standard InChI is InChI=1S/C10H20/c1-5-7-8-9-10(3,4)6-2/h8-9H,5-7H2,1-4H3. The molecule has 0 aromatic heterocycles. The van der Waals surface area contributed by atoms with E-state index in [1.807, 2.05) is 0 Å². The largest absolute Gasteiger partial charge is 0.0880 e. The third kappa shape index (κ3) is 4.60. The van der Waals surface area contributed by atoms with Crippen LogP contribution in [-0.2, 0) is 0 Å². The summed E-state index contributed by atoms with van der Waals surface area (Å²) in [6.07, 6.45) is 8.34. The molecule has 0 nitrogen and oxygen atoms in total. The lowest BCUT2D eigenvalue weighted by Crippen LogP contribution is -2.03. The molecular weight excluding hydrogens is 120 g/mol. The zero-order valence-electron chi connectivity index (χ0n) is 7.78. The van der Waals surface area contributed by atoms with Crippen LogP contribution < -0.4 is 0 Å². The number of allylic oxidation sites excluding steroid dienone is 2. The zero-order valence-corrected chi connectivity index (χ0v) is 7.78. The van der Waals surface area contributed by atoms with Crippen molar-refractivity contribution in [1.29, 1.82) is 0 Å². The van der Waals surface area contributed by atoms with Gasteiger partial charge in [0.2, 0.25) is 0 Å². The molecule has 0 saturated carbocycles. The van der Waals surface area contributed by atoms with Gasteiger partial charge in [-0.2, -0.15) is 0 Å². The number of rotatable bonds is 4. The molecule has 0 aliphatic rings. The molecule has 0 amide bonds. The smallest absolute Gasteiger partial charge is 0.0177 e. The fourth-order valence-corrected chi connectivity index (χ4v) is 0.687. The van der Waals surface area contributed by atoms with Gasteiger partial charge in [-0.1, -0.05) is 46.3 Å². The molecule has 0 heteroatoms. The molecule has 60 valence electrons. The monoisotopic (exact) mass is 140 g/mol. The van der Waals surface area contributed by atoms with Gasteiger partial charge < -0.3 is 0 Å².